The maximum Gasteiger partial charge on any atom is 0.158 e. The van der Waals surface area contributed by atoms with Crippen LogP contribution in [-0.4, -0.2) is 55.5 Å². The maximum absolute atomic E-state index is 12.3. The third-order valence-corrected chi connectivity index (χ3v) is 14.3. The molecule has 0 amide bonds. The molecule has 0 atom stereocenters. The van der Waals surface area contributed by atoms with Crippen LogP contribution in [-0.2, 0) is 54.2 Å². The van der Waals surface area contributed by atoms with E-state index in [-0.39, 0.29) is 41.9 Å². The quantitative estimate of drug-likeness (QED) is 0.175. The van der Waals surface area contributed by atoms with E-state index in [2.05, 4.69) is 24.3 Å². The fourth-order valence-electron chi connectivity index (χ4n) is 7.56. The van der Waals surface area contributed by atoms with E-state index < -0.39 is 19.7 Å². The number of methoxy groups -OCH3 is 4. The van der Waals surface area contributed by atoms with Crippen molar-refractivity contribution in [2.75, 3.05) is 28.4 Å². The number of sulfone groups is 2. The van der Waals surface area contributed by atoms with Crippen LogP contribution in [0.4, 0.5) is 0 Å². The second kappa shape index (κ2) is 18.3. The minimum atomic E-state index is -3.30. The molecule has 0 fully saturated rings. The van der Waals surface area contributed by atoms with E-state index in [0.29, 0.717) is 22.6 Å². The average molecular weight is 869 g/mol. The van der Waals surface area contributed by atoms with Gasteiger partial charge in [-0.1, -0.05) is 43.8 Å². The largest absolute Gasteiger partial charge is 0.508 e. The molecule has 3 aliphatic heterocycles. The summed E-state index contributed by atoms with van der Waals surface area (Å²) in [5, 5.41) is 19.0. The van der Waals surface area contributed by atoms with Crippen molar-refractivity contribution >= 4 is 31.4 Å². The molecule has 10 nitrogen and oxygen atoms in total. The Balaban J connectivity index is 0.000000150. The monoisotopic (exact) mass is 868 g/mol. The lowest BCUT2D eigenvalue weighted by Crippen LogP contribution is -2.05. The van der Waals surface area contributed by atoms with E-state index in [4.69, 9.17) is 18.9 Å². The molecule has 0 spiro atoms. The summed E-state index contributed by atoms with van der Waals surface area (Å²) in [6.45, 7) is 0. The second-order valence-electron chi connectivity index (χ2n) is 14.3. The Hall–Kier alpha value is -5.63. The third kappa shape index (κ3) is 9.86. The summed E-state index contributed by atoms with van der Waals surface area (Å²) in [5.74, 6) is 5.17. The van der Waals surface area contributed by atoms with Gasteiger partial charge in [-0.15, -0.1) is 0 Å². The topological polar surface area (TPSA) is 146 Å². The molecule has 13 heteroatoms. The first-order chi connectivity index (χ1) is 28.3. The van der Waals surface area contributed by atoms with Crippen molar-refractivity contribution in [2.24, 2.45) is 0 Å². The highest BCUT2D eigenvalue weighted by atomic mass is 32.2. The summed E-state index contributed by atoms with van der Waals surface area (Å²) < 4.78 is 69.8. The van der Waals surface area contributed by atoms with Gasteiger partial charge in [-0.3, -0.25) is 0 Å². The molecule has 0 saturated carbocycles. The number of phenols is 2. The van der Waals surface area contributed by atoms with Gasteiger partial charge in [0.2, 0.25) is 0 Å². The standard InChI is InChI=1S/C16H16O4S.C16H16O2S.C14H12O4S.CH4/c1-19-13-3-5-15-11(7-13)9-21(17,18)10-12-8-14(20-2)4-6-16(12)15;1-17-13-3-5-15-11(7-13)9-19-10-12-8-14(18-2)4-6-16(12)15;15-11-1-3-13-9(5-11)7-19(17,18)8-10-6-12(16)2-4-14(10)13;/h3-8H,9-10H2,1-2H3;3-8H,9-10H2,1-2H3;1-6,15-16H,7-8H2;1H4. The Kier molecular flexibility index (Phi) is 13.4. The van der Waals surface area contributed by atoms with Crippen molar-refractivity contribution in [3.8, 4) is 67.9 Å². The van der Waals surface area contributed by atoms with Crippen molar-refractivity contribution in [1.29, 1.82) is 0 Å². The molecule has 3 aliphatic rings. The molecule has 9 rings (SSSR count). The smallest absolute Gasteiger partial charge is 0.158 e. The molecule has 0 bridgehead atoms. The van der Waals surface area contributed by atoms with Crippen molar-refractivity contribution in [2.45, 2.75) is 41.9 Å². The lowest BCUT2D eigenvalue weighted by molar-refractivity contribution is 0.414. The van der Waals surface area contributed by atoms with Gasteiger partial charge in [0.1, 0.15) is 34.5 Å². The van der Waals surface area contributed by atoms with Crippen LogP contribution in [0.25, 0.3) is 33.4 Å². The van der Waals surface area contributed by atoms with Gasteiger partial charge < -0.3 is 29.2 Å². The van der Waals surface area contributed by atoms with Crippen molar-refractivity contribution < 1.29 is 46.0 Å². The summed E-state index contributed by atoms with van der Waals surface area (Å²) in [5.41, 5.74) is 11.5. The number of thioether (sulfide) groups is 1. The molecule has 0 aromatic heterocycles. The number of ether oxygens (including phenoxy) is 4. The third-order valence-electron chi connectivity index (χ3n) is 10.3. The number of fused-ring (bicyclic) bond motifs is 9. The van der Waals surface area contributed by atoms with E-state index in [1.54, 1.807) is 52.7 Å². The lowest BCUT2D eigenvalue weighted by atomic mass is 9.96. The fourth-order valence-corrected chi connectivity index (χ4v) is 11.6. The Morgan fingerprint density at radius 1 is 0.400 bits per heavy atom. The Morgan fingerprint density at radius 2 is 0.650 bits per heavy atom. The highest BCUT2D eigenvalue weighted by Gasteiger charge is 2.26. The number of benzene rings is 6. The molecule has 314 valence electrons. The van der Waals surface area contributed by atoms with Gasteiger partial charge in [0.25, 0.3) is 0 Å². The zero-order valence-electron chi connectivity index (χ0n) is 33.0. The van der Waals surface area contributed by atoms with Gasteiger partial charge in [0, 0.05) is 11.5 Å². The SMILES string of the molecule is C.COc1ccc2c(c1)CS(=O)(=O)Cc1cc(OC)ccc1-2.COc1ccc2c(c1)CSCc1cc(OC)ccc1-2.O=S1(=O)Cc2cc(O)ccc2-c2ccc(O)cc2C1. The number of hydrogen-bond acceptors (Lipinski definition) is 11. The molecule has 0 aliphatic carbocycles. The van der Waals surface area contributed by atoms with Gasteiger partial charge in [-0.2, -0.15) is 11.8 Å². The number of hydrogen-bond donors (Lipinski definition) is 2. The summed E-state index contributed by atoms with van der Waals surface area (Å²) in [6, 6.07) is 33.2. The predicted molar refractivity (Wildman–Crippen MR) is 240 cm³/mol. The van der Waals surface area contributed by atoms with E-state index in [1.165, 1.54) is 46.5 Å². The van der Waals surface area contributed by atoms with Crippen LogP contribution in [0.1, 0.15) is 40.8 Å². The van der Waals surface area contributed by atoms with E-state index >= 15 is 0 Å². The van der Waals surface area contributed by atoms with Crippen molar-refractivity contribution in [3.05, 3.63) is 143 Å². The summed E-state index contributed by atoms with van der Waals surface area (Å²) in [7, 11) is 0.0668. The van der Waals surface area contributed by atoms with Crippen LogP contribution in [0.15, 0.2) is 109 Å². The van der Waals surface area contributed by atoms with Gasteiger partial charge in [0.05, 0.1) is 51.5 Å². The molecule has 60 heavy (non-hydrogen) atoms. The van der Waals surface area contributed by atoms with Crippen LogP contribution in [0.5, 0.6) is 34.5 Å². The molecular formula is C47H48O10S3. The van der Waals surface area contributed by atoms with Gasteiger partial charge in [-0.25, -0.2) is 16.8 Å². The minimum Gasteiger partial charge on any atom is -0.508 e. The maximum atomic E-state index is 12.3. The Morgan fingerprint density at radius 3 is 0.950 bits per heavy atom. The van der Waals surface area contributed by atoms with E-state index in [9.17, 15) is 27.0 Å². The minimum absolute atomic E-state index is 0. The zero-order chi connectivity index (χ0) is 41.9. The van der Waals surface area contributed by atoms with Crippen LogP contribution < -0.4 is 18.9 Å². The molecule has 3 heterocycles. The molecular weight excluding hydrogens is 821 g/mol. The molecule has 2 N–H and O–H groups in total. The fraction of sp³-hybridized carbons (Fsp3) is 0.234. The first-order valence-corrected chi connectivity index (χ1v) is 23.4. The van der Waals surface area contributed by atoms with Gasteiger partial charge in [0.15, 0.2) is 19.7 Å². The molecule has 0 unspecified atom stereocenters. The lowest BCUT2D eigenvalue weighted by Gasteiger charge is -2.11. The van der Waals surface area contributed by atoms with E-state index in [0.717, 1.165) is 56.4 Å². The predicted octanol–water partition coefficient (Wildman–Crippen LogP) is 9.75. The molecule has 6 aromatic rings. The van der Waals surface area contributed by atoms with Crippen LogP contribution in [0.2, 0.25) is 0 Å². The normalized spacial score (nSPS) is 14.7. The van der Waals surface area contributed by atoms with Crippen LogP contribution in [0, 0.1) is 0 Å². The Labute approximate surface area is 356 Å². The first kappa shape index (κ1) is 43.9. The first-order valence-electron chi connectivity index (χ1n) is 18.6. The average Bonchev–Trinajstić information content (AvgIpc) is 3.51. The number of rotatable bonds is 4. The van der Waals surface area contributed by atoms with Gasteiger partial charge in [-0.05, 0) is 140 Å². The molecule has 0 radical (unpaired) electrons. The zero-order valence-corrected chi connectivity index (χ0v) is 35.5. The Bertz CT molecular complexity index is 2590. The van der Waals surface area contributed by atoms with Crippen molar-refractivity contribution in [1.82, 2.24) is 0 Å². The molecule has 6 aromatic carbocycles. The second-order valence-corrected chi connectivity index (χ2v) is 19.4. The number of phenolic OH excluding ortho intramolecular Hbond substituents is 2. The van der Waals surface area contributed by atoms with E-state index in [1.807, 2.05) is 48.2 Å². The summed E-state index contributed by atoms with van der Waals surface area (Å²) >= 11 is 1.93. The highest BCUT2D eigenvalue weighted by molar-refractivity contribution is 7.97. The highest BCUT2D eigenvalue weighted by Crippen LogP contribution is 2.40. The molecule has 0 saturated heterocycles. The van der Waals surface area contributed by atoms with Gasteiger partial charge >= 0.3 is 0 Å². The summed E-state index contributed by atoms with van der Waals surface area (Å²) in [6.07, 6.45) is 0. The number of aromatic hydroxyl groups is 2. The summed E-state index contributed by atoms with van der Waals surface area (Å²) in [4.78, 5) is 0. The van der Waals surface area contributed by atoms with Crippen molar-refractivity contribution in [3.63, 3.8) is 0 Å². The van der Waals surface area contributed by atoms with Crippen LogP contribution in [0.3, 0.4) is 0 Å². The van der Waals surface area contributed by atoms with Crippen LogP contribution >= 0.6 is 11.8 Å².